The van der Waals surface area contributed by atoms with Crippen LogP contribution in [-0.4, -0.2) is 78.1 Å². The van der Waals surface area contributed by atoms with Gasteiger partial charge in [-0.15, -0.1) is 0 Å². The number of carbonyl (C=O) groups excluding carboxylic acids is 2. The Kier molecular flexibility index (Phi) is 7.93. The molecular weight excluding hydrogens is 610 g/mol. The van der Waals surface area contributed by atoms with E-state index in [4.69, 9.17) is 14.6 Å². The second-order valence-corrected chi connectivity index (χ2v) is 13.6. The Balaban J connectivity index is 1.05. The monoisotopic (exact) mass is 653 g/mol. The van der Waals surface area contributed by atoms with Gasteiger partial charge >= 0.3 is 6.03 Å². The number of aryl methyl sites for hydroxylation is 2. The summed E-state index contributed by atoms with van der Waals surface area (Å²) in [6.07, 6.45) is 4.33. The van der Waals surface area contributed by atoms with E-state index in [1.54, 1.807) is 30.7 Å². The van der Waals surface area contributed by atoms with Gasteiger partial charge in [0.25, 0.3) is 5.56 Å². The van der Waals surface area contributed by atoms with Crippen molar-refractivity contribution in [2.24, 2.45) is 19.5 Å². The molecule has 12 heteroatoms. The Morgan fingerprint density at radius 1 is 0.938 bits per heavy atom. The normalized spacial score (nSPS) is 18.0. The number of methoxy groups -OCH3 is 2. The van der Waals surface area contributed by atoms with Crippen molar-refractivity contribution in [1.29, 1.82) is 0 Å². The maximum absolute atomic E-state index is 12.6. The van der Waals surface area contributed by atoms with Crippen molar-refractivity contribution >= 4 is 34.3 Å². The van der Waals surface area contributed by atoms with Gasteiger partial charge in [-0.2, -0.15) is 5.10 Å². The maximum atomic E-state index is 12.6. The number of likely N-dealkylation sites (tertiary alicyclic amines) is 1. The highest BCUT2D eigenvalue weighted by atomic mass is 16.5. The minimum absolute atomic E-state index is 0.00963. The number of urea groups is 1. The Morgan fingerprint density at radius 3 is 2.27 bits per heavy atom. The van der Waals surface area contributed by atoms with E-state index in [-0.39, 0.29) is 23.3 Å². The van der Waals surface area contributed by atoms with E-state index in [1.165, 1.54) is 0 Å². The number of nitrogens with zero attached hydrogens (tertiary/aromatic N) is 6. The van der Waals surface area contributed by atoms with E-state index in [2.05, 4.69) is 33.3 Å². The minimum Gasteiger partial charge on any atom is -0.496 e. The van der Waals surface area contributed by atoms with Crippen molar-refractivity contribution in [2.45, 2.75) is 39.7 Å². The third-order valence-electron chi connectivity index (χ3n) is 10.7. The molecule has 1 spiro atoms. The van der Waals surface area contributed by atoms with Crippen LogP contribution in [0.5, 0.6) is 11.5 Å². The van der Waals surface area contributed by atoms with Crippen molar-refractivity contribution in [1.82, 2.24) is 24.6 Å². The highest BCUT2D eigenvalue weighted by Gasteiger charge is 2.45. The predicted octanol–water partition coefficient (Wildman–Crippen LogP) is 4.12. The van der Waals surface area contributed by atoms with E-state index < -0.39 is 6.03 Å². The summed E-state index contributed by atoms with van der Waals surface area (Å²) < 4.78 is 15.3. The average molecular weight is 654 g/mol. The first-order valence-electron chi connectivity index (χ1n) is 16.5. The lowest BCUT2D eigenvalue weighted by atomic mass is 9.71. The summed E-state index contributed by atoms with van der Waals surface area (Å²) in [5.41, 5.74) is 7.04. The number of imide groups is 1. The van der Waals surface area contributed by atoms with Crippen molar-refractivity contribution in [3.05, 3.63) is 63.6 Å². The largest absolute Gasteiger partial charge is 0.496 e. The van der Waals surface area contributed by atoms with Crippen LogP contribution in [0.2, 0.25) is 0 Å². The molecule has 1 N–H and O–H groups in total. The van der Waals surface area contributed by atoms with Crippen LogP contribution in [0.25, 0.3) is 22.0 Å². The first-order chi connectivity index (χ1) is 23.0. The molecular formula is C36H43N7O5. The van der Waals surface area contributed by atoms with E-state index in [0.29, 0.717) is 12.4 Å². The first-order valence-corrected chi connectivity index (χ1v) is 16.5. The molecule has 2 aromatic heterocycles. The van der Waals surface area contributed by atoms with Crippen LogP contribution in [0.4, 0.5) is 16.3 Å². The fourth-order valence-corrected chi connectivity index (χ4v) is 7.74. The summed E-state index contributed by atoms with van der Waals surface area (Å²) in [6, 6.07) is 9.85. The van der Waals surface area contributed by atoms with Crippen molar-refractivity contribution < 1.29 is 19.1 Å². The fourth-order valence-electron chi connectivity index (χ4n) is 7.74. The zero-order chi connectivity index (χ0) is 33.9. The van der Waals surface area contributed by atoms with Gasteiger partial charge in [-0.05, 0) is 75.2 Å². The van der Waals surface area contributed by atoms with Crippen LogP contribution in [0.3, 0.4) is 0 Å². The number of anilines is 2. The standard InChI is InChI=1S/C36H43N7O5/c1-22-23(2)34(45)39(3)18-26(22)24-16-29(47-5)27(30(17-24)48-6)19-41-14-11-36(12-15-41)20-42(21-36)28-9-7-8-25-32(28)40(4)38-33(25)43-13-10-31(44)37-35(43)46/h7-9,16-18H,10-15,19-21H2,1-6H3,(H,37,44,46). The Hall–Kier alpha value is -4.84. The number of piperidine rings is 1. The fraction of sp³-hybridized carbons (Fsp3) is 0.444. The number of aromatic nitrogens is 3. The van der Waals surface area contributed by atoms with Crippen LogP contribution in [0.15, 0.2) is 41.3 Å². The van der Waals surface area contributed by atoms with Gasteiger partial charge in [-0.3, -0.25) is 29.4 Å². The molecule has 3 amide bonds. The molecule has 5 heterocycles. The highest BCUT2D eigenvalue weighted by molar-refractivity contribution is 6.10. The van der Waals surface area contributed by atoms with Crippen LogP contribution in [0.1, 0.15) is 36.0 Å². The SMILES string of the molecule is COc1cc(-c2cn(C)c(=O)c(C)c2C)cc(OC)c1CN1CCC2(CC1)CN(c1cccc3c(N4CCC(=O)NC4=O)nn(C)c13)C2. The molecule has 0 saturated carbocycles. The first kappa shape index (κ1) is 31.7. The van der Waals surface area contributed by atoms with E-state index in [1.807, 2.05) is 43.9 Å². The highest BCUT2D eigenvalue weighted by Crippen LogP contribution is 2.46. The summed E-state index contributed by atoms with van der Waals surface area (Å²) in [7, 11) is 7.09. The number of nitrogens with one attached hydrogen (secondary N) is 1. The second kappa shape index (κ2) is 12.0. The Bertz CT molecular complexity index is 1970. The molecule has 252 valence electrons. The molecule has 0 radical (unpaired) electrons. The van der Waals surface area contributed by atoms with Crippen molar-refractivity contribution in [2.75, 3.05) is 56.7 Å². The number of ether oxygens (including phenoxy) is 2. The molecule has 0 aliphatic carbocycles. The van der Waals surface area contributed by atoms with Gasteiger partial charge in [0.2, 0.25) is 5.91 Å². The quantitative estimate of drug-likeness (QED) is 0.317. The van der Waals surface area contributed by atoms with Gasteiger partial charge < -0.3 is 18.9 Å². The number of benzene rings is 2. The molecule has 3 saturated heterocycles. The maximum Gasteiger partial charge on any atom is 0.329 e. The summed E-state index contributed by atoms with van der Waals surface area (Å²) in [4.78, 5) is 43.2. The number of hydrogen-bond acceptors (Lipinski definition) is 8. The molecule has 0 atom stereocenters. The minimum atomic E-state index is -0.424. The molecule has 2 aromatic carbocycles. The lowest BCUT2D eigenvalue weighted by Crippen LogP contribution is -2.60. The van der Waals surface area contributed by atoms with Gasteiger partial charge in [-0.1, -0.05) is 6.07 Å². The van der Waals surface area contributed by atoms with E-state index >= 15 is 0 Å². The van der Waals surface area contributed by atoms with Crippen LogP contribution in [-0.2, 0) is 25.4 Å². The molecule has 4 aromatic rings. The zero-order valence-electron chi connectivity index (χ0n) is 28.6. The molecule has 0 bridgehead atoms. The van der Waals surface area contributed by atoms with Crippen LogP contribution in [0, 0.1) is 19.3 Å². The van der Waals surface area contributed by atoms with E-state index in [9.17, 15) is 14.4 Å². The number of pyridine rings is 1. The molecule has 0 unspecified atom stereocenters. The number of amides is 3. The molecule has 3 fully saturated rings. The van der Waals surface area contributed by atoms with Crippen LogP contribution < -0.4 is 30.1 Å². The molecule has 3 aliphatic rings. The predicted molar refractivity (Wildman–Crippen MR) is 185 cm³/mol. The van der Waals surface area contributed by atoms with E-state index in [0.717, 1.165) is 101 Å². The number of fused-ring (bicyclic) bond motifs is 1. The molecule has 3 aliphatic heterocycles. The van der Waals surface area contributed by atoms with Crippen molar-refractivity contribution in [3.63, 3.8) is 0 Å². The van der Waals surface area contributed by atoms with Gasteiger partial charge in [0, 0.05) is 74.8 Å². The van der Waals surface area contributed by atoms with Gasteiger partial charge in [0.1, 0.15) is 11.5 Å². The lowest BCUT2D eigenvalue weighted by Gasteiger charge is -2.55. The topological polar surface area (TPSA) is 114 Å². The molecule has 7 rings (SSSR count). The van der Waals surface area contributed by atoms with Gasteiger partial charge in [-0.25, -0.2) is 4.79 Å². The summed E-state index contributed by atoms with van der Waals surface area (Å²) in [5.74, 6) is 1.89. The Morgan fingerprint density at radius 2 is 1.62 bits per heavy atom. The second-order valence-electron chi connectivity index (χ2n) is 13.6. The lowest BCUT2D eigenvalue weighted by molar-refractivity contribution is -0.120. The van der Waals surface area contributed by atoms with Gasteiger partial charge in [0.15, 0.2) is 5.82 Å². The Labute approximate surface area is 279 Å². The van der Waals surface area contributed by atoms with Crippen molar-refractivity contribution in [3.8, 4) is 22.6 Å². The van der Waals surface area contributed by atoms with Gasteiger partial charge in [0.05, 0.1) is 31.0 Å². The summed E-state index contributed by atoms with van der Waals surface area (Å²) >= 11 is 0. The smallest absolute Gasteiger partial charge is 0.329 e. The molecule has 12 nitrogen and oxygen atoms in total. The number of carbonyl (C=O) groups is 2. The average Bonchev–Trinajstić information content (AvgIpc) is 3.40. The summed E-state index contributed by atoms with van der Waals surface area (Å²) in [5, 5.41) is 8.03. The van der Waals surface area contributed by atoms with Crippen LogP contribution >= 0.6 is 0 Å². The number of hydrogen-bond donors (Lipinski definition) is 1. The number of rotatable bonds is 7. The zero-order valence-corrected chi connectivity index (χ0v) is 28.6. The number of para-hydroxylation sites is 1. The third-order valence-corrected chi connectivity index (χ3v) is 10.7. The summed E-state index contributed by atoms with van der Waals surface area (Å²) in [6.45, 7) is 8.79. The third kappa shape index (κ3) is 5.28. The molecule has 48 heavy (non-hydrogen) atoms.